The molecule has 0 fully saturated rings. The van der Waals surface area contributed by atoms with Crippen molar-refractivity contribution >= 4 is 64.6 Å². The Morgan fingerprint density at radius 3 is 0.879 bits per heavy atom. The summed E-state index contributed by atoms with van der Waals surface area (Å²) in [5.74, 6) is 0. The summed E-state index contributed by atoms with van der Waals surface area (Å²) in [7, 11) is 0. The second kappa shape index (κ2) is 12.3. The number of hydrogen-bond acceptors (Lipinski definition) is 0. The summed E-state index contributed by atoms with van der Waals surface area (Å²) in [6, 6.07) is 20.6. The summed E-state index contributed by atoms with van der Waals surface area (Å²) in [5.41, 5.74) is 4.27. The normalized spacial score (nSPS) is 15.7. The van der Waals surface area contributed by atoms with Crippen molar-refractivity contribution in [3.63, 3.8) is 0 Å². The lowest BCUT2D eigenvalue weighted by molar-refractivity contribution is 0.590. The van der Waals surface area contributed by atoms with E-state index in [1.807, 2.05) is 107 Å². The van der Waals surface area contributed by atoms with Crippen LogP contribution in [0.1, 0.15) is 143 Å². The molecule has 294 valence electrons. The molecular weight excluding hydrogens is 697 g/mol. The maximum absolute atomic E-state index is 10.1. The first kappa shape index (κ1) is 30.2. The van der Waals surface area contributed by atoms with Crippen LogP contribution in [0.2, 0.25) is 0 Å². The van der Waals surface area contributed by atoms with Crippen LogP contribution in [0.5, 0.6) is 0 Å². The molecule has 0 heterocycles. The van der Waals surface area contributed by atoms with Crippen LogP contribution in [0.25, 0.3) is 86.9 Å². The standard InChI is InChI=1S/C58H62/c1-54(2,3)41-21-33-16-18-35-23-44(57(10,11)12)31-48-46(29-39(27-41)50(33)52(35)48)37-20-38(26-43(25-37)56(7,8)9)47-30-40-28-42(55(4,5)6)22-34-17-19-36-24-45(58(13,14)15)32-49(47)53(36)51(34)40/h16-32H,1-15H3/i21D,22D,23D,24D,27D,28D,31D,32D. The van der Waals surface area contributed by atoms with Crippen molar-refractivity contribution in [2.45, 2.75) is 131 Å². The van der Waals surface area contributed by atoms with E-state index in [-0.39, 0.29) is 29.6 Å². The molecule has 0 aliphatic rings. The first-order chi connectivity index (χ1) is 30.3. The molecule has 58 heavy (non-hydrogen) atoms. The molecule has 0 heteroatoms. The van der Waals surface area contributed by atoms with Crippen LogP contribution in [0.15, 0.2) is 103 Å². The summed E-state index contributed by atoms with van der Waals surface area (Å²) >= 11 is 0. The summed E-state index contributed by atoms with van der Waals surface area (Å²) in [6.45, 7) is 31.0. The Balaban J connectivity index is 1.54. The van der Waals surface area contributed by atoms with Gasteiger partial charge in [-0.2, -0.15) is 0 Å². The van der Waals surface area contributed by atoms with Crippen LogP contribution < -0.4 is 0 Å². The van der Waals surface area contributed by atoms with Crippen LogP contribution in [-0.2, 0) is 27.1 Å². The van der Waals surface area contributed by atoms with E-state index in [1.165, 1.54) is 0 Å². The lowest BCUT2D eigenvalue weighted by Gasteiger charge is -2.27. The first-order valence-corrected chi connectivity index (χ1v) is 21.0. The molecule has 0 atom stereocenters. The van der Waals surface area contributed by atoms with E-state index >= 15 is 0 Å². The van der Waals surface area contributed by atoms with Crippen molar-refractivity contribution in [2.75, 3.05) is 0 Å². The lowest BCUT2D eigenvalue weighted by Crippen LogP contribution is -2.12. The highest BCUT2D eigenvalue weighted by atomic mass is 14.3. The third kappa shape index (κ3) is 6.25. The van der Waals surface area contributed by atoms with E-state index in [9.17, 15) is 11.0 Å². The zero-order chi connectivity index (χ0) is 48.6. The molecule has 0 aliphatic heterocycles. The third-order valence-corrected chi connectivity index (χ3v) is 12.0. The van der Waals surface area contributed by atoms with Gasteiger partial charge >= 0.3 is 0 Å². The Hall–Kier alpha value is -4.94. The van der Waals surface area contributed by atoms with Crippen molar-refractivity contribution in [1.82, 2.24) is 0 Å². The quantitative estimate of drug-likeness (QED) is 0.154. The molecule has 0 amide bonds. The zero-order valence-electron chi connectivity index (χ0n) is 45.2. The summed E-state index contributed by atoms with van der Waals surface area (Å²) in [4.78, 5) is 0. The minimum atomic E-state index is -0.542. The van der Waals surface area contributed by atoms with Gasteiger partial charge in [0, 0.05) is 0 Å². The van der Waals surface area contributed by atoms with E-state index in [0.717, 1.165) is 49.4 Å². The van der Waals surface area contributed by atoms with Gasteiger partial charge in [0.25, 0.3) is 0 Å². The zero-order valence-corrected chi connectivity index (χ0v) is 37.2. The fraction of sp³-hybridized carbons (Fsp3) is 0.345. The third-order valence-electron chi connectivity index (χ3n) is 12.0. The minimum Gasteiger partial charge on any atom is -0.0561 e. The van der Waals surface area contributed by atoms with Crippen LogP contribution in [0.4, 0.5) is 0 Å². The molecule has 0 aliphatic carbocycles. The molecule has 9 rings (SSSR count). The molecular formula is C58H62. The van der Waals surface area contributed by atoms with Gasteiger partial charge in [-0.1, -0.05) is 177 Å². The molecule has 0 unspecified atom stereocenters. The minimum absolute atomic E-state index is 0.262. The molecule has 0 radical (unpaired) electrons. The largest absolute Gasteiger partial charge is 0.0633 e. The van der Waals surface area contributed by atoms with Gasteiger partial charge in [-0.3, -0.25) is 0 Å². The molecule has 0 saturated carbocycles. The van der Waals surface area contributed by atoms with Crippen LogP contribution in [0, 0.1) is 0 Å². The number of hydrogen-bond donors (Lipinski definition) is 0. The highest BCUT2D eigenvalue weighted by molar-refractivity contribution is 6.28. The molecule has 0 bridgehead atoms. The fourth-order valence-corrected chi connectivity index (χ4v) is 8.51. The van der Waals surface area contributed by atoms with Crippen molar-refractivity contribution in [2.24, 2.45) is 0 Å². The van der Waals surface area contributed by atoms with Gasteiger partial charge in [-0.15, -0.1) is 0 Å². The number of benzene rings is 9. The van der Waals surface area contributed by atoms with Crippen molar-refractivity contribution in [3.05, 3.63) is 131 Å². The molecule has 9 aromatic carbocycles. The summed E-state index contributed by atoms with van der Waals surface area (Å²) in [6.07, 6.45) is 0. The van der Waals surface area contributed by atoms with E-state index < -0.39 is 21.7 Å². The first-order valence-electron chi connectivity index (χ1n) is 25.0. The molecule has 0 aromatic heterocycles. The van der Waals surface area contributed by atoms with Gasteiger partial charge in [-0.25, -0.2) is 0 Å². The average Bonchev–Trinajstić information content (AvgIpc) is 3.17. The predicted molar refractivity (Wildman–Crippen MR) is 258 cm³/mol. The van der Waals surface area contributed by atoms with Gasteiger partial charge in [0.1, 0.15) is 0 Å². The van der Waals surface area contributed by atoms with Crippen molar-refractivity contribution in [3.8, 4) is 22.3 Å². The van der Waals surface area contributed by atoms with Gasteiger partial charge in [0.2, 0.25) is 0 Å². The van der Waals surface area contributed by atoms with Crippen molar-refractivity contribution in [1.29, 1.82) is 0 Å². The van der Waals surface area contributed by atoms with Gasteiger partial charge in [-0.05, 0) is 172 Å². The van der Waals surface area contributed by atoms with Crippen LogP contribution in [-0.4, -0.2) is 0 Å². The Bertz CT molecular complexity index is 3330. The molecule has 0 nitrogen and oxygen atoms in total. The topological polar surface area (TPSA) is 0 Å². The Morgan fingerprint density at radius 2 is 0.569 bits per heavy atom. The number of rotatable bonds is 2. The second-order valence-corrected chi connectivity index (χ2v) is 22.1. The van der Waals surface area contributed by atoms with Crippen molar-refractivity contribution < 1.29 is 11.0 Å². The maximum atomic E-state index is 10.1. The molecule has 9 aromatic rings. The monoisotopic (exact) mass is 767 g/mol. The van der Waals surface area contributed by atoms with E-state index in [1.54, 1.807) is 0 Å². The Morgan fingerprint density at radius 1 is 0.293 bits per heavy atom. The van der Waals surface area contributed by atoms with E-state index in [2.05, 4.69) is 51.1 Å². The van der Waals surface area contributed by atoms with E-state index in [0.29, 0.717) is 89.5 Å². The average molecular weight is 767 g/mol. The highest BCUT2D eigenvalue weighted by Gasteiger charge is 2.26. The predicted octanol–water partition coefficient (Wildman–Crippen LogP) is 17.3. The lowest BCUT2D eigenvalue weighted by atomic mass is 9.77. The van der Waals surface area contributed by atoms with Gasteiger partial charge < -0.3 is 0 Å². The highest BCUT2D eigenvalue weighted by Crippen LogP contribution is 2.48. The summed E-state index contributed by atoms with van der Waals surface area (Å²) in [5, 5.41) is 8.43. The fourth-order valence-electron chi connectivity index (χ4n) is 8.51. The molecule has 0 saturated heterocycles. The van der Waals surface area contributed by atoms with Crippen LogP contribution >= 0.6 is 0 Å². The van der Waals surface area contributed by atoms with Gasteiger partial charge in [0.15, 0.2) is 0 Å². The second-order valence-electron chi connectivity index (χ2n) is 22.1. The molecule has 0 N–H and O–H groups in total. The summed E-state index contributed by atoms with van der Waals surface area (Å²) < 4.78 is 78.2. The molecule has 0 spiro atoms. The van der Waals surface area contributed by atoms with E-state index in [4.69, 9.17) is 0 Å². The van der Waals surface area contributed by atoms with Gasteiger partial charge in [0.05, 0.1) is 11.0 Å². The SMILES string of the molecule is [2H]c1c(C(C)(C)C)c([2H])c2cc(-c3cc(-c4cc5c([2H])c(C(C)(C)C)c([2H])c6ccc7c([2H])c(C(C)(C)C)c([2H])c4c7c65)cc(C(C)(C)C)c3)c3c([2H])c(C(C)(C)C)c([2H])c4ccc1c2c43. The maximum Gasteiger partial charge on any atom is 0.0633 e. The Kier molecular flexibility index (Phi) is 6.39. The smallest absolute Gasteiger partial charge is 0.0561 e. The Labute approximate surface area is 358 Å². The van der Waals surface area contributed by atoms with Crippen LogP contribution in [0.3, 0.4) is 0 Å².